The number of nitrogens with zero attached hydrogens (tertiary/aromatic N) is 1. The van der Waals surface area contributed by atoms with E-state index >= 15 is 0 Å². The first-order valence-corrected chi connectivity index (χ1v) is 5.52. The monoisotopic (exact) mass is 229 g/mol. The number of urea groups is 1. The highest BCUT2D eigenvalue weighted by molar-refractivity contribution is 5.76. The van der Waals surface area contributed by atoms with Crippen molar-refractivity contribution in [3.05, 3.63) is 0 Å². The Bertz CT molecular complexity index is 262. The summed E-state index contributed by atoms with van der Waals surface area (Å²) >= 11 is 0. The number of amides is 2. The van der Waals surface area contributed by atoms with Crippen LogP contribution in [0.4, 0.5) is 4.79 Å². The van der Waals surface area contributed by atoms with Crippen molar-refractivity contribution in [3.8, 4) is 0 Å². The fourth-order valence-corrected chi connectivity index (χ4v) is 1.54. The van der Waals surface area contributed by atoms with Crippen LogP contribution < -0.4 is 11.1 Å². The van der Waals surface area contributed by atoms with Gasteiger partial charge < -0.3 is 21.1 Å². The summed E-state index contributed by atoms with van der Waals surface area (Å²) in [5.41, 5.74) is 5.72. The van der Waals surface area contributed by atoms with Gasteiger partial charge in [0, 0.05) is 25.7 Å². The van der Waals surface area contributed by atoms with E-state index in [0.717, 1.165) is 12.8 Å². The second kappa shape index (κ2) is 5.69. The first kappa shape index (κ1) is 12.8. The Hall–Kier alpha value is -1.30. The molecule has 0 aliphatic carbocycles. The third-order valence-corrected chi connectivity index (χ3v) is 2.81. The zero-order chi connectivity index (χ0) is 12.1. The van der Waals surface area contributed by atoms with Crippen LogP contribution in [0, 0.1) is 5.92 Å². The molecule has 1 aliphatic rings. The zero-order valence-electron chi connectivity index (χ0n) is 9.48. The van der Waals surface area contributed by atoms with E-state index in [1.54, 1.807) is 11.8 Å². The molecule has 0 saturated carbocycles. The molecular formula is C10H19N3O3. The van der Waals surface area contributed by atoms with Gasteiger partial charge in [0.1, 0.15) is 0 Å². The van der Waals surface area contributed by atoms with Crippen LogP contribution in [0.1, 0.15) is 19.8 Å². The molecule has 1 aliphatic heterocycles. The van der Waals surface area contributed by atoms with Gasteiger partial charge in [0.25, 0.3) is 0 Å². The number of carboxylic acids is 1. The van der Waals surface area contributed by atoms with Crippen molar-refractivity contribution in [2.75, 3.05) is 19.6 Å². The number of nitrogens with one attached hydrogen (secondary N) is 1. The zero-order valence-corrected chi connectivity index (χ0v) is 9.48. The Morgan fingerprint density at radius 3 is 2.56 bits per heavy atom. The van der Waals surface area contributed by atoms with Crippen LogP contribution in [0.5, 0.6) is 0 Å². The first-order chi connectivity index (χ1) is 7.50. The maximum absolute atomic E-state index is 11.6. The molecule has 16 heavy (non-hydrogen) atoms. The number of rotatable bonds is 3. The largest absolute Gasteiger partial charge is 0.481 e. The van der Waals surface area contributed by atoms with Gasteiger partial charge in [0.15, 0.2) is 0 Å². The van der Waals surface area contributed by atoms with Crippen molar-refractivity contribution in [2.24, 2.45) is 11.7 Å². The van der Waals surface area contributed by atoms with Gasteiger partial charge in [-0.3, -0.25) is 4.79 Å². The minimum atomic E-state index is -0.902. The number of carbonyl (C=O) groups excluding carboxylic acids is 1. The van der Waals surface area contributed by atoms with Crippen molar-refractivity contribution in [1.29, 1.82) is 0 Å². The van der Waals surface area contributed by atoms with Gasteiger partial charge in [-0.05, 0) is 12.8 Å². The number of aliphatic carboxylic acids is 1. The van der Waals surface area contributed by atoms with Gasteiger partial charge in [-0.2, -0.15) is 0 Å². The first-order valence-electron chi connectivity index (χ1n) is 5.52. The van der Waals surface area contributed by atoms with E-state index in [0.29, 0.717) is 13.1 Å². The van der Waals surface area contributed by atoms with Gasteiger partial charge in [-0.25, -0.2) is 4.79 Å². The van der Waals surface area contributed by atoms with Gasteiger partial charge in [-0.1, -0.05) is 6.92 Å². The van der Waals surface area contributed by atoms with E-state index in [1.807, 2.05) is 0 Å². The molecule has 0 aromatic carbocycles. The number of nitrogens with two attached hydrogens (primary N) is 1. The maximum Gasteiger partial charge on any atom is 0.317 e. The molecule has 1 fully saturated rings. The molecule has 2 amide bonds. The molecule has 0 aromatic heterocycles. The van der Waals surface area contributed by atoms with Crippen LogP contribution in [0.2, 0.25) is 0 Å². The SMILES string of the molecule is CC(CNC(=O)N1CCC(N)CC1)C(=O)O. The van der Waals surface area contributed by atoms with Crippen molar-refractivity contribution in [3.63, 3.8) is 0 Å². The smallest absolute Gasteiger partial charge is 0.317 e. The fourth-order valence-electron chi connectivity index (χ4n) is 1.54. The molecule has 1 heterocycles. The second-order valence-corrected chi connectivity index (χ2v) is 4.25. The lowest BCUT2D eigenvalue weighted by Gasteiger charge is -2.30. The van der Waals surface area contributed by atoms with Crippen molar-refractivity contribution in [2.45, 2.75) is 25.8 Å². The summed E-state index contributed by atoms with van der Waals surface area (Å²) < 4.78 is 0. The number of hydrogen-bond donors (Lipinski definition) is 3. The van der Waals surface area contributed by atoms with Gasteiger partial charge in [0.2, 0.25) is 0 Å². The summed E-state index contributed by atoms with van der Waals surface area (Å²) in [4.78, 5) is 23.8. The van der Waals surface area contributed by atoms with E-state index in [1.165, 1.54) is 0 Å². The molecule has 0 bridgehead atoms. The lowest BCUT2D eigenvalue weighted by Crippen LogP contribution is -2.48. The van der Waals surface area contributed by atoms with Crippen LogP contribution in [0.3, 0.4) is 0 Å². The molecule has 1 unspecified atom stereocenters. The third-order valence-electron chi connectivity index (χ3n) is 2.81. The predicted octanol–water partition coefficient (Wildman–Crippen LogP) is -0.160. The minimum absolute atomic E-state index is 0.163. The quantitative estimate of drug-likeness (QED) is 0.626. The molecule has 0 aromatic rings. The highest BCUT2D eigenvalue weighted by Crippen LogP contribution is 2.08. The molecule has 1 saturated heterocycles. The molecular weight excluding hydrogens is 210 g/mol. The molecule has 6 nitrogen and oxygen atoms in total. The van der Waals surface area contributed by atoms with Crippen LogP contribution in [0.15, 0.2) is 0 Å². The highest BCUT2D eigenvalue weighted by atomic mass is 16.4. The van der Waals surface area contributed by atoms with E-state index in [2.05, 4.69) is 5.32 Å². The van der Waals surface area contributed by atoms with Crippen molar-refractivity contribution < 1.29 is 14.7 Å². The molecule has 0 radical (unpaired) electrons. The Kier molecular flexibility index (Phi) is 4.54. The highest BCUT2D eigenvalue weighted by Gasteiger charge is 2.21. The number of likely N-dealkylation sites (tertiary alicyclic amines) is 1. The fraction of sp³-hybridized carbons (Fsp3) is 0.800. The van der Waals surface area contributed by atoms with E-state index in [9.17, 15) is 9.59 Å². The topological polar surface area (TPSA) is 95.7 Å². The number of piperidine rings is 1. The number of carboxylic acid groups (broad SMARTS) is 1. The van der Waals surface area contributed by atoms with Crippen LogP contribution in [0.25, 0.3) is 0 Å². The average Bonchev–Trinajstić information content (AvgIpc) is 2.26. The molecule has 1 atom stereocenters. The third kappa shape index (κ3) is 3.69. The Morgan fingerprint density at radius 2 is 2.06 bits per heavy atom. The molecule has 6 heteroatoms. The van der Waals surface area contributed by atoms with Gasteiger partial charge in [0.05, 0.1) is 5.92 Å². The summed E-state index contributed by atoms with van der Waals surface area (Å²) in [6, 6.07) is -0.0120. The van der Waals surface area contributed by atoms with Crippen LogP contribution in [-0.2, 0) is 4.79 Å². The normalized spacial score (nSPS) is 19.2. The Morgan fingerprint density at radius 1 is 1.50 bits per heavy atom. The average molecular weight is 229 g/mol. The van der Waals surface area contributed by atoms with Gasteiger partial charge in [-0.15, -0.1) is 0 Å². The summed E-state index contributed by atoms with van der Waals surface area (Å²) in [7, 11) is 0. The molecule has 4 N–H and O–H groups in total. The summed E-state index contributed by atoms with van der Waals surface area (Å²) in [5.74, 6) is -1.46. The van der Waals surface area contributed by atoms with E-state index < -0.39 is 11.9 Å². The second-order valence-electron chi connectivity index (χ2n) is 4.25. The van der Waals surface area contributed by atoms with Crippen LogP contribution >= 0.6 is 0 Å². The summed E-state index contributed by atoms with van der Waals surface area (Å²) in [6.45, 7) is 3.02. The lowest BCUT2D eigenvalue weighted by molar-refractivity contribution is -0.140. The number of carbonyl (C=O) groups is 2. The maximum atomic E-state index is 11.6. The van der Waals surface area contributed by atoms with Crippen molar-refractivity contribution in [1.82, 2.24) is 10.2 Å². The summed E-state index contributed by atoms with van der Waals surface area (Å²) in [6.07, 6.45) is 1.61. The molecule has 92 valence electrons. The lowest BCUT2D eigenvalue weighted by atomic mass is 10.1. The standard InChI is InChI=1S/C10H19N3O3/c1-7(9(14)15)6-12-10(16)13-4-2-8(11)3-5-13/h7-8H,2-6,11H2,1H3,(H,12,16)(H,14,15). The Balaban J connectivity index is 2.27. The van der Waals surface area contributed by atoms with Crippen molar-refractivity contribution >= 4 is 12.0 Å². The van der Waals surface area contributed by atoms with E-state index in [-0.39, 0.29) is 18.6 Å². The predicted molar refractivity (Wildman–Crippen MR) is 59.0 cm³/mol. The Labute approximate surface area is 94.8 Å². The number of hydrogen-bond acceptors (Lipinski definition) is 3. The summed E-state index contributed by atoms with van der Waals surface area (Å²) in [5, 5.41) is 11.3. The van der Waals surface area contributed by atoms with Crippen LogP contribution in [-0.4, -0.2) is 47.7 Å². The molecule has 0 spiro atoms. The van der Waals surface area contributed by atoms with Gasteiger partial charge >= 0.3 is 12.0 Å². The molecule has 1 rings (SSSR count). The van der Waals surface area contributed by atoms with E-state index in [4.69, 9.17) is 10.8 Å². The minimum Gasteiger partial charge on any atom is -0.481 e.